The topological polar surface area (TPSA) is 42.4 Å². The van der Waals surface area contributed by atoms with Crippen molar-refractivity contribution in [2.24, 2.45) is 0 Å². The van der Waals surface area contributed by atoms with Crippen LogP contribution in [0.3, 0.4) is 0 Å². The molecule has 1 aliphatic heterocycles. The standard InChI is InChI=1S/C21H17ClN2O2/c22-17-9-10-18-16(12-17)13-19(26-18)21(25)24(20-8-4-5-11-23-20)14-15-6-2-1-3-7-15/h1-12,19H,13-14H2/t19-/m0/s1. The number of aromatic nitrogens is 1. The molecule has 0 fully saturated rings. The minimum Gasteiger partial charge on any atom is -0.480 e. The normalized spacial score (nSPS) is 15.2. The second-order valence-electron chi connectivity index (χ2n) is 6.16. The number of carbonyl (C=O) groups excluding carboxylic acids is 1. The Balaban J connectivity index is 1.61. The van der Waals surface area contributed by atoms with E-state index in [4.69, 9.17) is 16.3 Å². The van der Waals surface area contributed by atoms with Gasteiger partial charge in [0, 0.05) is 17.6 Å². The first-order valence-electron chi connectivity index (χ1n) is 8.42. The lowest BCUT2D eigenvalue weighted by molar-refractivity contribution is -0.124. The lowest BCUT2D eigenvalue weighted by atomic mass is 10.1. The number of ether oxygens (including phenoxy) is 1. The van der Waals surface area contributed by atoms with Crippen LogP contribution in [0, 0.1) is 0 Å². The van der Waals surface area contributed by atoms with Gasteiger partial charge in [-0.15, -0.1) is 0 Å². The van der Waals surface area contributed by atoms with Crippen LogP contribution in [0.1, 0.15) is 11.1 Å². The number of pyridine rings is 1. The summed E-state index contributed by atoms with van der Waals surface area (Å²) < 4.78 is 5.89. The lowest BCUT2D eigenvalue weighted by Crippen LogP contribution is -2.41. The summed E-state index contributed by atoms with van der Waals surface area (Å²) in [5.74, 6) is 1.22. The van der Waals surface area contributed by atoms with Crippen LogP contribution in [-0.2, 0) is 17.8 Å². The second kappa shape index (κ2) is 7.18. The molecule has 0 spiro atoms. The van der Waals surface area contributed by atoms with Gasteiger partial charge in [0.2, 0.25) is 0 Å². The lowest BCUT2D eigenvalue weighted by Gasteiger charge is -2.24. The van der Waals surface area contributed by atoms with Crippen LogP contribution in [0.5, 0.6) is 5.75 Å². The highest BCUT2D eigenvalue weighted by molar-refractivity contribution is 6.30. The molecule has 130 valence electrons. The Morgan fingerprint density at radius 1 is 1.12 bits per heavy atom. The highest BCUT2D eigenvalue weighted by Gasteiger charge is 2.33. The number of fused-ring (bicyclic) bond motifs is 1. The highest BCUT2D eigenvalue weighted by Crippen LogP contribution is 2.32. The molecule has 2 heterocycles. The molecule has 0 saturated carbocycles. The van der Waals surface area contributed by atoms with Crippen molar-refractivity contribution in [2.45, 2.75) is 19.1 Å². The second-order valence-corrected chi connectivity index (χ2v) is 6.60. The van der Waals surface area contributed by atoms with Crippen LogP contribution < -0.4 is 9.64 Å². The van der Waals surface area contributed by atoms with Gasteiger partial charge in [0.05, 0.1) is 6.54 Å². The SMILES string of the molecule is O=C([C@@H]1Cc2cc(Cl)ccc2O1)N(Cc1ccccc1)c1ccccn1. The summed E-state index contributed by atoms with van der Waals surface area (Å²) in [7, 11) is 0. The van der Waals surface area contributed by atoms with E-state index in [9.17, 15) is 4.79 Å². The molecule has 1 aromatic heterocycles. The number of amides is 1. The molecular formula is C21H17ClN2O2. The van der Waals surface area contributed by atoms with E-state index in [1.807, 2.05) is 60.7 Å². The summed E-state index contributed by atoms with van der Waals surface area (Å²) >= 11 is 6.06. The molecule has 0 N–H and O–H groups in total. The molecule has 4 nitrogen and oxygen atoms in total. The van der Waals surface area contributed by atoms with E-state index in [0.29, 0.717) is 29.6 Å². The van der Waals surface area contributed by atoms with Crippen LogP contribution in [-0.4, -0.2) is 17.0 Å². The smallest absolute Gasteiger partial charge is 0.269 e. The van der Waals surface area contributed by atoms with Crippen LogP contribution in [0.25, 0.3) is 0 Å². The molecule has 0 saturated heterocycles. The van der Waals surface area contributed by atoms with Crippen molar-refractivity contribution >= 4 is 23.3 Å². The zero-order valence-corrected chi connectivity index (χ0v) is 14.8. The number of hydrogen-bond donors (Lipinski definition) is 0. The third kappa shape index (κ3) is 3.41. The van der Waals surface area contributed by atoms with E-state index < -0.39 is 6.10 Å². The van der Waals surface area contributed by atoms with Crippen molar-refractivity contribution in [2.75, 3.05) is 4.90 Å². The van der Waals surface area contributed by atoms with Crippen LogP contribution in [0.15, 0.2) is 72.9 Å². The molecule has 5 heteroatoms. The summed E-state index contributed by atoms with van der Waals surface area (Å²) in [6, 6.07) is 20.8. The Kier molecular flexibility index (Phi) is 4.59. The molecule has 0 unspecified atom stereocenters. The van der Waals surface area contributed by atoms with E-state index in [0.717, 1.165) is 11.1 Å². The van der Waals surface area contributed by atoms with Crippen LogP contribution in [0.4, 0.5) is 5.82 Å². The fraction of sp³-hybridized carbons (Fsp3) is 0.143. The van der Waals surface area contributed by atoms with Gasteiger partial charge in [-0.1, -0.05) is 48.0 Å². The molecule has 3 aromatic rings. The highest BCUT2D eigenvalue weighted by atomic mass is 35.5. The molecule has 0 aliphatic carbocycles. The van der Waals surface area contributed by atoms with Crippen molar-refractivity contribution in [1.82, 2.24) is 4.98 Å². The van der Waals surface area contributed by atoms with Gasteiger partial charge in [0.15, 0.2) is 6.10 Å². The van der Waals surface area contributed by atoms with Crippen LogP contribution in [0.2, 0.25) is 5.02 Å². The van der Waals surface area contributed by atoms with E-state index in [1.165, 1.54) is 0 Å². The maximum atomic E-state index is 13.2. The largest absolute Gasteiger partial charge is 0.480 e. The Hall–Kier alpha value is -2.85. The van der Waals surface area contributed by atoms with E-state index in [2.05, 4.69) is 4.98 Å². The Bertz CT molecular complexity index is 916. The summed E-state index contributed by atoms with van der Waals surface area (Å²) in [5, 5.41) is 0.645. The third-order valence-electron chi connectivity index (χ3n) is 4.35. The first-order chi connectivity index (χ1) is 12.7. The quantitative estimate of drug-likeness (QED) is 0.694. The Morgan fingerprint density at radius 3 is 2.69 bits per heavy atom. The molecule has 2 aromatic carbocycles. The molecule has 26 heavy (non-hydrogen) atoms. The molecule has 1 aliphatic rings. The summed E-state index contributed by atoms with van der Waals surface area (Å²) in [6.07, 6.45) is 1.62. The van der Waals surface area contributed by atoms with Crippen LogP contribution >= 0.6 is 11.6 Å². The Morgan fingerprint density at radius 2 is 1.92 bits per heavy atom. The first-order valence-corrected chi connectivity index (χ1v) is 8.80. The number of nitrogens with zero attached hydrogens (tertiary/aromatic N) is 2. The van der Waals surface area contributed by atoms with Gasteiger partial charge in [0.1, 0.15) is 11.6 Å². The fourth-order valence-corrected chi connectivity index (χ4v) is 3.27. The predicted octanol–water partition coefficient (Wildman–Crippen LogP) is 4.27. The van der Waals surface area contributed by atoms with Crippen molar-refractivity contribution in [3.05, 3.63) is 89.1 Å². The van der Waals surface area contributed by atoms with Crippen molar-refractivity contribution in [3.63, 3.8) is 0 Å². The maximum Gasteiger partial charge on any atom is 0.269 e. The van der Waals surface area contributed by atoms with Crippen molar-refractivity contribution in [1.29, 1.82) is 0 Å². The zero-order chi connectivity index (χ0) is 17.9. The summed E-state index contributed by atoms with van der Waals surface area (Å²) in [4.78, 5) is 19.3. The van der Waals surface area contributed by atoms with Gasteiger partial charge in [-0.05, 0) is 41.5 Å². The maximum absolute atomic E-state index is 13.2. The molecule has 1 atom stereocenters. The van der Waals surface area contributed by atoms with Gasteiger partial charge in [-0.3, -0.25) is 9.69 Å². The van der Waals surface area contributed by atoms with Crippen molar-refractivity contribution < 1.29 is 9.53 Å². The number of benzene rings is 2. The number of anilines is 1. The van der Waals surface area contributed by atoms with Gasteiger partial charge in [-0.25, -0.2) is 4.98 Å². The minimum absolute atomic E-state index is 0.111. The van der Waals surface area contributed by atoms with Gasteiger partial charge < -0.3 is 4.74 Å². The minimum atomic E-state index is -0.575. The molecular weight excluding hydrogens is 348 g/mol. The number of carbonyl (C=O) groups is 1. The van der Waals surface area contributed by atoms with Gasteiger partial charge in [-0.2, -0.15) is 0 Å². The number of rotatable bonds is 4. The van der Waals surface area contributed by atoms with Crippen molar-refractivity contribution in [3.8, 4) is 5.75 Å². The molecule has 0 radical (unpaired) electrons. The predicted molar refractivity (Wildman–Crippen MR) is 101 cm³/mol. The number of hydrogen-bond acceptors (Lipinski definition) is 3. The monoisotopic (exact) mass is 364 g/mol. The van der Waals surface area contributed by atoms with E-state index >= 15 is 0 Å². The summed E-state index contributed by atoms with van der Waals surface area (Å²) in [5.41, 5.74) is 1.99. The summed E-state index contributed by atoms with van der Waals surface area (Å²) in [6.45, 7) is 0.438. The number of halogens is 1. The van der Waals surface area contributed by atoms with Gasteiger partial charge >= 0.3 is 0 Å². The van der Waals surface area contributed by atoms with E-state index in [-0.39, 0.29) is 5.91 Å². The third-order valence-corrected chi connectivity index (χ3v) is 4.58. The zero-order valence-electron chi connectivity index (χ0n) is 14.0. The average molecular weight is 365 g/mol. The average Bonchev–Trinajstić information content (AvgIpc) is 3.10. The molecule has 0 bridgehead atoms. The van der Waals surface area contributed by atoms with Gasteiger partial charge in [0.25, 0.3) is 5.91 Å². The fourth-order valence-electron chi connectivity index (χ4n) is 3.08. The van der Waals surface area contributed by atoms with E-state index in [1.54, 1.807) is 17.2 Å². The molecule has 1 amide bonds. The molecule has 4 rings (SSSR count). The Labute approximate surface area is 157 Å². The first kappa shape index (κ1) is 16.6.